The number of anilines is 1. The summed E-state index contributed by atoms with van der Waals surface area (Å²) in [4.78, 5) is 20.5. The maximum atomic E-state index is 13.0. The van der Waals surface area contributed by atoms with Gasteiger partial charge in [-0.05, 0) is 44.0 Å². The summed E-state index contributed by atoms with van der Waals surface area (Å²) < 4.78 is 14.8. The predicted molar refractivity (Wildman–Crippen MR) is 102 cm³/mol. The Balaban J connectivity index is 1.69. The smallest absolute Gasteiger partial charge is 0.322 e. The number of halogens is 1. The SMILES string of the molecule is CCN1CCC[C@@H](CN(C)C(=O)Nc2ccc(F)cn2)[C@@H]1c1cnn(C)c1. The summed E-state index contributed by atoms with van der Waals surface area (Å²) in [5.74, 6) is 0.234. The van der Waals surface area contributed by atoms with Crippen molar-refractivity contribution in [1.82, 2.24) is 24.6 Å². The summed E-state index contributed by atoms with van der Waals surface area (Å²) in [6.45, 7) is 4.82. The molecule has 0 saturated carbocycles. The predicted octanol–water partition coefficient (Wildman–Crippen LogP) is 2.89. The van der Waals surface area contributed by atoms with Crippen LogP contribution < -0.4 is 5.32 Å². The van der Waals surface area contributed by atoms with Gasteiger partial charge in [0, 0.05) is 38.4 Å². The fourth-order valence-electron chi connectivity index (χ4n) is 3.86. The maximum Gasteiger partial charge on any atom is 0.322 e. The van der Waals surface area contributed by atoms with Gasteiger partial charge in [-0.25, -0.2) is 14.2 Å². The van der Waals surface area contributed by atoms with E-state index < -0.39 is 5.82 Å². The highest BCUT2D eigenvalue weighted by atomic mass is 19.1. The molecule has 2 atom stereocenters. The molecule has 2 aromatic rings. The van der Waals surface area contributed by atoms with Gasteiger partial charge in [-0.2, -0.15) is 5.10 Å². The topological polar surface area (TPSA) is 66.3 Å². The van der Waals surface area contributed by atoms with Gasteiger partial charge in [0.1, 0.15) is 11.6 Å². The summed E-state index contributed by atoms with van der Waals surface area (Å²) >= 11 is 0. The highest BCUT2D eigenvalue weighted by molar-refractivity contribution is 5.88. The zero-order valence-corrected chi connectivity index (χ0v) is 16.1. The maximum absolute atomic E-state index is 13.0. The second-order valence-electron chi connectivity index (χ2n) is 7.10. The number of nitrogens with one attached hydrogen (secondary N) is 1. The molecule has 8 heteroatoms. The second kappa shape index (κ2) is 8.47. The molecule has 0 aromatic carbocycles. The lowest BCUT2D eigenvalue weighted by molar-refractivity contribution is 0.0828. The molecule has 0 radical (unpaired) electrons. The minimum absolute atomic E-state index is 0.243. The number of amides is 2. The van der Waals surface area contributed by atoms with Gasteiger partial charge >= 0.3 is 6.03 Å². The number of aromatic nitrogens is 3. The molecular weight excluding hydrogens is 347 g/mol. The van der Waals surface area contributed by atoms with E-state index in [2.05, 4.69) is 33.4 Å². The Morgan fingerprint density at radius 2 is 2.22 bits per heavy atom. The van der Waals surface area contributed by atoms with Gasteiger partial charge < -0.3 is 4.90 Å². The van der Waals surface area contributed by atoms with Crippen molar-refractivity contribution >= 4 is 11.8 Å². The Bertz CT molecular complexity index is 762. The molecule has 27 heavy (non-hydrogen) atoms. The summed E-state index contributed by atoms with van der Waals surface area (Å²) in [5.41, 5.74) is 1.19. The average molecular weight is 374 g/mol. The Morgan fingerprint density at radius 3 is 2.85 bits per heavy atom. The average Bonchev–Trinajstić information content (AvgIpc) is 3.09. The number of nitrogens with zero attached hydrogens (tertiary/aromatic N) is 5. The van der Waals surface area contributed by atoms with Crippen molar-refractivity contribution in [3.8, 4) is 0 Å². The standard InChI is InChI=1S/C19H27FN6O/c1-4-26-9-5-6-14(18(26)15-10-22-25(3)13-15)12-24(2)19(27)23-17-8-7-16(20)11-21-17/h7-8,10-11,13-14,18H,4-6,9,12H2,1-3H3,(H,21,23,27)/t14-,18+/m0/s1. The number of aryl methyl sites for hydroxylation is 1. The molecule has 0 spiro atoms. The molecule has 3 heterocycles. The van der Waals surface area contributed by atoms with Crippen molar-refractivity contribution in [2.45, 2.75) is 25.8 Å². The molecule has 2 aromatic heterocycles. The van der Waals surface area contributed by atoms with Crippen LogP contribution in [-0.4, -0.2) is 57.3 Å². The largest absolute Gasteiger partial charge is 0.327 e. The molecule has 0 aliphatic carbocycles. The second-order valence-corrected chi connectivity index (χ2v) is 7.10. The minimum Gasteiger partial charge on any atom is -0.327 e. The van der Waals surface area contributed by atoms with E-state index in [4.69, 9.17) is 0 Å². The minimum atomic E-state index is -0.428. The lowest BCUT2D eigenvalue weighted by Crippen LogP contribution is -2.44. The summed E-state index contributed by atoms with van der Waals surface area (Å²) in [7, 11) is 3.71. The van der Waals surface area contributed by atoms with E-state index in [0.717, 1.165) is 32.1 Å². The van der Waals surface area contributed by atoms with Crippen molar-refractivity contribution in [3.05, 3.63) is 42.1 Å². The number of carbonyl (C=O) groups is 1. The van der Waals surface area contributed by atoms with E-state index in [1.54, 1.807) is 11.9 Å². The number of rotatable bonds is 5. The van der Waals surface area contributed by atoms with E-state index in [1.807, 2.05) is 17.9 Å². The number of hydrogen-bond donors (Lipinski definition) is 1. The zero-order chi connectivity index (χ0) is 19.4. The van der Waals surface area contributed by atoms with Crippen molar-refractivity contribution in [2.75, 3.05) is 32.0 Å². The first-order chi connectivity index (χ1) is 13.0. The van der Waals surface area contributed by atoms with E-state index in [-0.39, 0.29) is 12.1 Å². The molecule has 7 nitrogen and oxygen atoms in total. The van der Waals surface area contributed by atoms with Gasteiger partial charge in [-0.1, -0.05) is 6.92 Å². The highest BCUT2D eigenvalue weighted by Crippen LogP contribution is 2.36. The van der Waals surface area contributed by atoms with Crippen LogP contribution in [0.5, 0.6) is 0 Å². The van der Waals surface area contributed by atoms with Gasteiger partial charge in [-0.15, -0.1) is 0 Å². The molecule has 1 aliphatic heterocycles. The Hall–Kier alpha value is -2.48. The number of pyridine rings is 1. The van der Waals surface area contributed by atoms with Gasteiger partial charge in [0.25, 0.3) is 0 Å². The molecule has 0 bridgehead atoms. The molecule has 1 aliphatic rings. The Labute approximate surface area is 159 Å². The van der Waals surface area contributed by atoms with Crippen LogP contribution in [-0.2, 0) is 7.05 Å². The first-order valence-corrected chi connectivity index (χ1v) is 9.34. The number of likely N-dealkylation sites (tertiary alicyclic amines) is 1. The van der Waals surface area contributed by atoms with E-state index in [0.29, 0.717) is 18.3 Å². The normalized spacial score (nSPS) is 20.4. The number of hydrogen-bond acceptors (Lipinski definition) is 4. The van der Waals surface area contributed by atoms with Crippen molar-refractivity contribution in [3.63, 3.8) is 0 Å². The molecule has 1 saturated heterocycles. The van der Waals surface area contributed by atoms with Gasteiger partial charge in [0.15, 0.2) is 0 Å². The monoisotopic (exact) mass is 374 g/mol. The van der Waals surface area contributed by atoms with Gasteiger partial charge in [0.2, 0.25) is 0 Å². The quantitative estimate of drug-likeness (QED) is 0.874. The van der Waals surface area contributed by atoms with E-state index >= 15 is 0 Å². The third-order valence-electron chi connectivity index (χ3n) is 5.15. The molecule has 2 amide bonds. The van der Waals surface area contributed by atoms with Gasteiger partial charge in [0.05, 0.1) is 12.4 Å². The van der Waals surface area contributed by atoms with Crippen LogP contribution in [0.25, 0.3) is 0 Å². The molecule has 1 N–H and O–H groups in total. The van der Waals surface area contributed by atoms with Crippen LogP contribution in [0.1, 0.15) is 31.4 Å². The zero-order valence-electron chi connectivity index (χ0n) is 16.1. The lowest BCUT2D eigenvalue weighted by atomic mass is 9.85. The van der Waals surface area contributed by atoms with Crippen LogP contribution in [0.2, 0.25) is 0 Å². The van der Waals surface area contributed by atoms with E-state index in [9.17, 15) is 9.18 Å². The molecule has 0 unspecified atom stereocenters. The first-order valence-electron chi connectivity index (χ1n) is 9.34. The summed E-state index contributed by atoms with van der Waals surface area (Å²) in [5, 5.41) is 7.05. The molecule has 3 rings (SSSR count). The lowest BCUT2D eigenvalue weighted by Gasteiger charge is -2.41. The fourth-order valence-corrected chi connectivity index (χ4v) is 3.86. The van der Waals surface area contributed by atoms with Crippen LogP contribution in [0, 0.1) is 11.7 Å². The molecular formula is C19H27FN6O. The molecule has 146 valence electrons. The third kappa shape index (κ3) is 4.63. The number of piperidine rings is 1. The fraction of sp³-hybridized carbons (Fsp3) is 0.526. The summed E-state index contributed by atoms with van der Waals surface area (Å²) in [6.07, 6.45) is 7.25. The van der Waals surface area contributed by atoms with E-state index in [1.165, 1.54) is 17.7 Å². The van der Waals surface area contributed by atoms with Gasteiger partial charge in [-0.3, -0.25) is 14.9 Å². The summed E-state index contributed by atoms with van der Waals surface area (Å²) in [6, 6.07) is 2.74. The first kappa shape index (κ1) is 19.3. The highest BCUT2D eigenvalue weighted by Gasteiger charge is 2.34. The third-order valence-corrected chi connectivity index (χ3v) is 5.15. The van der Waals surface area contributed by atoms with Crippen LogP contribution in [0.4, 0.5) is 15.0 Å². The van der Waals surface area contributed by atoms with Crippen LogP contribution in [0.3, 0.4) is 0 Å². The number of urea groups is 1. The van der Waals surface area contributed by atoms with Crippen LogP contribution in [0.15, 0.2) is 30.7 Å². The van der Waals surface area contributed by atoms with Crippen molar-refractivity contribution < 1.29 is 9.18 Å². The number of carbonyl (C=O) groups excluding carboxylic acids is 1. The van der Waals surface area contributed by atoms with Crippen molar-refractivity contribution in [2.24, 2.45) is 13.0 Å². The Morgan fingerprint density at radius 1 is 1.41 bits per heavy atom. The Kier molecular flexibility index (Phi) is 6.05. The van der Waals surface area contributed by atoms with Crippen LogP contribution >= 0.6 is 0 Å². The molecule has 1 fully saturated rings. The van der Waals surface area contributed by atoms with Crippen molar-refractivity contribution in [1.29, 1.82) is 0 Å².